The van der Waals surface area contributed by atoms with Crippen molar-refractivity contribution in [1.82, 2.24) is 0 Å². The molecule has 0 aliphatic carbocycles. The summed E-state index contributed by atoms with van der Waals surface area (Å²) in [5, 5.41) is 19.5. The third kappa shape index (κ3) is 2.07. The van der Waals surface area contributed by atoms with Gasteiger partial charge in [0.15, 0.2) is 0 Å². The molecule has 0 aliphatic heterocycles. The van der Waals surface area contributed by atoms with Crippen molar-refractivity contribution in [3.8, 4) is 5.75 Å². The summed E-state index contributed by atoms with van der Waals surface area (Å²) in [6, 6.07) is 6.17. The second-order valence-electron chi connectivity index (χ2n) is 2.37. The number of para-hydroxylation sites is 1. The third-order valence-corrected chi connectivity index (χ3v) is 12.3. The van der Waals surface area contributed by atoms with E-state index in [2.05, 4.69) is 0 Å². The van der Waals surface area contributed by atoms with Crippen molar-refractivity contribution in [2.45, 2.75) is 0 Å². The normalized spacial score (nSPS) is 9.42. The molecule has 0 aromatic heterocycles. The molecule has 0 heterocycles. The van der Waals surface area contributed by atoms with Crippen molar-refractivity contribution in [3.63, 3.8) is 0 Å². The van der Waals surface area contributed by atoms with E-state index in [1.807, 2.05) is 0 Å². The van der Waals surface area contributed by atoms with Crippen molar-refractivity contribution in [1.29, 1.82) is 0 Å². The molecule has 0 bridgehead atoms. The number of halogens is 1. The molecule has 12 heavy (non-hydrogen) atoms. The molecule has 1 N–H and O–H groups in total. The van der Waals surface area contributed by atoms with Crippen molar-refractivity contribution in [2.24, 2.45) is 0 Å². The van der Waals surface area contributed by atoms with Crippen LogP contribution in [0.3, 0.4) is 0 Å². The number of aromatic hydroxyl groups is 1. The number of phenols is 1. The topological polar surface area (TPSA) is 63.4 Å². The first-order chi connectivity index (χ1) is 5.63. The van der Waals surface area contributed by atoms with Gasteiger partial charge in [0.05, 0.1) is 0 Å². The van der Waals surface area contributed by atoms with Crippen molar-refractivity contribution in [2.75, 3.05) is 0 Å². The summed E-state index contributed by atoms with van der Waals surface area (Å²) in [5.74, 6) is -0.0553. The van der Waals surface area contributed by atoms with Gasteiger partial charge in [-0.25, -0.2) is 0 Å². The zero-order valence-electron chi connectivity index (χ0n) is 6.11. The summed E-state index contributed by atoms with van der Waals surface area (Å²) >= 11 is -3.63. The monoisotopic (exact) mass is 376 g/mol. The zero-order chi connectivity index (χ0) is 9.14. The molecule has 0 fully saturated rings. The number of hydrogen-bond acceptors (Lipinski definition) is 3. The SMILES string of the molecule is O=[N+]([O-])[Hg]([Cl])[c]1ccccc1O. The van der Waals surface area contributed by atoms with E-state index in [-0.39, 0.29) is 5.75 Å². The Labute approximate surface area is 81.1 Å². The Balaban J connectivity index is 3.02. The second kappa shape index (κ2) is 4.05. The maximum atomic E-state index is 10.3. The Morgan fingerprint density at radius 1 is 1.50 bits per heavy atom. The number of benzene rings is 1. The molecule has 0 aliphatic rings. The van der Waals surface area contributed by atoms with Gasteiger partial charge >= 0.3 is 81.3 Å². The minimum atomic E-state index is -3.63. The first kappa shape index (κ1) is 9.73. The molecule has 0 saturated carbocycles. The van der Waals surface area contributed by atoms with Crippen LogP contribution in [0.5, 0.6) is 5.75 Å². The third-order valence-electron chi connectivity index (χ3n) is 1.53. The number of hydrogen-bond donors (Lipinski definition) is 1. The number of phenolic OH excluding ortho intramolecular Hbond substituents is 1. The Morgan fingerprint density at radius 2 is 2.08 bits per heavy atom. The Morgan fingerprint density at radius 3 is 2.58 bits per heavy atom. The van der Waals surface area contributed by atoms with Gasteiger partial charge in [-0.2, -0.15) is 0 Å². The van der Waals surface area contributed by atoms with Crippen LogP contribution in [0.25, 0.3) is 0 Å². The fourth-order valence-corrected chi connectivity index (χ4v) is 6.87. The van der Waals surface area contributed by atoms with E-state index in [0.29, 0.717) is 3.07 Å². The fraction of sp³-hybridized carbons (Fsp3) is 0. The first-order valence-corrected chi connectivity index (χ1v) is 15.3. The fourth-order valence-electron chi connectivity index (χ4n) is 0.897. The second-order valence-corrected chi connectivity index (χ2v) is 15.0. The average Bonchev–Trinajstić information content (AvgIpc) is 2.04. The summed E-state index contributed by atoms with van der Waals surface area (Å²) in [6.45, 7) is 0. The minimum absolute atomic E-state index is 0.0553. The van der Waals surface area contributed by atoms with E-state index in [0.717, 1.165) is 0 Å². The van der Waals surface area contributed by atoms with E-state index in [1.165, 1.54) is 12.1 Å². The molecular formula is C6H5ClHgNO3. The van der Waals surface area contributed by atoms with Crippen LogP contribution in [-0.4, -0.2) is 7.79 Å². The number of nitro groups is 1. The van der Waals surface area contributed by atoms with E-state index in [1.54, 1.807) is 12.1 Å². The maximum absolute atomic E-state index is 10.3. The van der Waals surface area contributed by atoms with E-state index >= 15 is 0 Å². The van der Waals surface area contributed by atoms with Gasteiger partial charge in [-0.15, -0.1) is 0 Å². The predicted octanol–water partition coefficient (Wildman–Crippen LogP) is 0.981. The molecule has 61 valence electrons. The van der Waals surface area contributed by atoms with Gasteiger partial charge in [-0.05, 0) is 0 Å². The van der Waals surface area contributed by atoms with Crippen LogP contribution in [0.4, 0.5) is 0 Å². The Hall–Kier alpha value is -0.355. The van der Waals surface area contributed by atoms with Crippen LogP contribution in [0.2, 0.25) is 0 Å². The quantitative estimate of drug-likeness (QED) is 0.476. The molecule has 0 radical (unpaired) electrons. The van der Waals surface area contributed by atoms with Gasteiger partial charge in [0.25, 0.3) is 0 Å². The van der Waals surface area contributed by atoms with E-state index in [4.69, 9.17) is 8.25 Å². The predicted molar refractivity (Wildman–Crippen MR) is 40.6 cm³/mol. The van der Waals surface area contributed by atoms with Gasteiger partial charge in [0.2, 0.25) is 0 Å². The van der Waals surface area contributed by atoms with Crippen molar-refractivity contribution in [3.05, 3.63) is 34.4 Å². The molecule has 1 aromatic carbocycles. The van der Waals surface area contributed by atoms with Crippen LogP contribution in [0, 0.1) is 10.1 Å². The van der Waals surface area contributed by atoms with Gasteiger partial charge in [0.1, 0.15) is 0 Å². The summed E-state index contributed by atoms with van der Waals surface area (Å²) in [4.78, 5) is 10.3. The summed E-state index contributed by atoms with van der Waals surface area (Å²) in [5.41, 5.74) is 0. The molecule has 1 aromatic rings. The van der Waals surface area contributed by atoms with E-state index in [9.17, 15) is 15.2 Å². The first-order valence-electron chi connectivity index (χ1n) is 3.35. The van der Waals surface area contributed by atoms with Crippen molar-refractivity contribution < 1.29 is 29.9 Å². The summed E-state index contributed by atoms with van der Waals surface area (Å²) in [7, 11) is 5.62. The van der Waals surface area contributed by atoms with E-state index < -0.39 is 24.8 Å². The Bertz CT molecular complexity index is 307. The van der Waals surface area contributed by atoms with Gasteiger partial charge in [-0.3, -0.25) is 0 Å². The molecule has 0 amide bonds. The zero-order valence-corrected chi connectivity index (χ0v) is 12.4. The molecule has 1 rings (SSSR count). The molecule has 0 unspecified atom stereocenters. The summed E-state index contributed by atoms with van der Waals surface area (Å²) in [6.07, 6.45) is 0. The van der Waals surface area contributed by atoms with Gasteiger partial charge < -0.3 is 0 Å². The van der Waals surface area contributed by atoms with Crippen LogP contribution < -0.4 is 3.07 Å². The standard InChI is InChI=1S/C6H5O.ClH.Hg.NO2/c7-6-4-2-1-3-5-6;;;2-1-3/h1-4,7H;1H;;/q;;+1;/p-1. The van der Waals surface area contributed by atoms with Crippen LogP contribution in [-0.2, 0) is 22.1 Å². The van der Waals surface area contributed by atoms with Gasteiger partial charge in [-0.1, -0.05) is 0 Å². The average molecular weight is 375 g/mol. The molecule has 6 heteroatoms. The van der Waals surface area contributed by atoms with Crippen LogP contribution in [0.15, 0.2) is 24.3 Å². The van der Waals surface area contributed by atoms with Gasteiger partial charge in [0, 0.05) is 0 Å². The molecule has 0 spiro atoms. The molecule has 4 nitrogen and oxygen atoms in total. The molecule has 0 atom stereocenters. The van der Waals surface area contributed by atoms with Crippen LogP contribution >= 0.6 is 8.25 Å². The van der Waals surface area contributed by atoms with Crippen LogP contribution in [0.1, 0.15) is 0 Å². The number of nitrogens with zero attached hydrogens (tertiary/aromatic N) is 1. The Kier molecular flexibility index (Phi) is 3.28. The molecule has 0 saturated heterocycles. The van der Waals surface area contributed by atoms with Crippen molar-refractivity contribution >= 4 is 11.3 Å². The molecular weight excluding hydrogens is 370 g/mol. The summed E-state index contributed by atoms with van der Waals surface area (Å²) < 4.78 is -0.0921. The number of rotatable bonds is 2.